The van der Waals surface area contributed by atoms with Crippen LogP contribution in [0, 0.1) is 0 Å². The molecule has 0 unspecified atom stereocenters. The maximum Gasteiger partial charge on any atom is 0.267 e. The molecule has 0 saturated heterocycles. The molecular formula is C21H21N3O4. The zero-order valence-corrected chi connectivity index (χ0v) is 15.9. The smallest absolute Gasteiger partial charge is 0.267 e. The maximum absolute atomic E-state index is 12.8. The number of rotatable bonds is 6. The highest BCUT2D eigenvalue weighted by molar-refractivity contribution is 5.95. The van der Waals surface area contributed by atoms with E-state index in [1.807, 2.05) is 30.3 Å². The van der Waals surface area contributed by atoms with E-state index in [1.54, 1.807) is 31.2 Å². The predicted molar refractivity (Wildman–Crippen MR) is 107 cm³/mol. The summed E-state index contributed by atoms with van der Waals surface area (Å²) in [5, 5.41) is 7.15. The van der Waals surface area contributed by atoms with Gasteiger partial charge in [-0.15, -0.1) is 0 Å². The zero-order chi connectivity index (χ0) is 20.1. The minimum atomic E-state index is -0.827. The standard InChI is InChI=1S/C21H21N3O4/c1-14(21(26)22-18-13-16(27-2)9-11-19(18)28-3)24-20(25)12-10-17(23-24)15-7-5-4-6-8-15/h4-14H,1-3H3,(H,22,26)/t14-/m0/s1. The lowest BCUT2D eigenvalue weighted by Gasteiger charge is -2.17. The fourth-order valence-electron chi connectivity index (χ4n) is 2.73. The number of carbonyl (C=O) groups is 1. The van der Waals surface area contributed by atoms with Crippen molar-refractivity contribution in [1.29, 1.82) is 0 Å². The van der Waals surface area contributed by atoms with Crippen molar-refractivity contribution >= 4 is 11.6 Å². The fourth-order valence-corrected chi connectivity index (χ4v) is 2.73. The second kappa shape index (κ2) is 8.39. The van der Waals surface area contributed by atoms with E-state index in [-0.39, 0.29) is 5.56 Å². The van der Waals surface area contributed by atoms with Crippen molar-refractivity contribution in [3.05, 3.63) is 71.0 Å². The number of anilines is 1. The lowest BCUT2D eigenvalue weighted by Crippen LogP contribution is -2.33. The second-order valence-electron chi connectivity index (χ2n) is 6.10. The van der Waals surface area contributed by atoms with Crippen LogP contribution in [0.2, 0.25) is 0 Å². The number of nitrogens with zero attached hydrogens (tertiary/aromatic N) is 2. The van der Waals surface area contributed by atoms with Gasteiger partial charge in [0.1, 0.15) is 17.5 Å². The average molecular weight is 379 g/mol. The normalized spacial score (nSPS) is 11.5. The largest absolute Gasteiger partial charge is 0.497 e. The SMILES string of the molecule is COc1ccc(OC)c(NC(=O)[C@H](C)n2nc(-c3ccccc3)ccc2=O)c1. The van der Waals surface area contributed by atoms with E-state index in [9.17, 15) is 9.59 Å². The van der Waals surface area contributed by atoms with Crippen molar-refractivity contribution < 1.29 is 14.3 Å². The molecule has 2 aromatic carbocycles. The van der Waals surface area contributed by atoms with Gasteiger partial charge in [-0.1, -0.05) is 30.3 Å². The molecule has 1 atom stereocenters. The molecule has 3 aromatic rings. The molecular weight excluding hydrogens is 358 g/mol. The van der Waals surface area contributed by atoms with Gasteiger partial charge in [0, 0.05) is 17.7 Å². The van der Waals surface area contributed by atoms with Crippen LogP contribution in [-0.4, -0.2) is 29.9 Å². The van der Waals surface area contributed by atoms with Gasteiger partial charge in [-0.05, 0) is 25.1 Å². The van der Waals surface area contributed by atoms with Gasteiger partial charge >= 0.3 is 0 Å². The number of ether oxygens (including phenoxy) is 2. The highest BCUT2D eigenvalue weighted by Crippen LogP contribution is 2.29. The second-order valence-corrected chi connectivity index (χ2v) is 6.10. The van der Waals surface area contributed by atoms with Crippen molar-refractivity contribution in [2.75, 3.05) is 19.5 Å². The Morgan fingerprint density at radius 1 is 1.04 bits per heavy atom. The number of amides is 1. The van der Waals surface area contributed by atoms with Crippen LogP contribution in [0.25, 0.3) is 11.3 Å². The number of carbonyl (C=O) groups excluding carboxylic acids is 1. The first-order valence-electron chi connectivity index (χ1n) is 8.71. The summed E-state index contributed by atoms with van der Waals surface area (Å²) in [5.74, 6) is 0.663. The van der Waals surface area contributed by atoms with E-state index < -0.39 is 11.9 Å². The first-order chi connectivity index (χ1) is 13.5. The number of nitrogens with one attached hydrogen (secondary N) is 1. The minimum absolute atomic E-state index is 0.361. The number of hydrogen-bond acceptors (Lipinski definition) is 5. The Labute approximate surface area is 162 Å². The molecule has 0 aliphatic carbocycles. The molecule has 28 heavy (non-hydrogen) atoms. The lowest BCUT2D eigenvalue weighted by molar-refractivity contribution is -0.119. The summed E-state index contributed by atoms with van der Waals surface area (Å²) in [4.78, 5) is 25.1. The van der Waals surface area contributed by atoms with Crippen molar-refractivity contribution in [2.45, 2.75) is 13.0 Å². The Morgan fingerprint density at radius 2 is 1.79 bits per heavy atom. The Bertz CT molecular complexity index is 1030. The molecule has 1 N–H and O–H groups in total. The van der Waals surface area contributed by atoms with Gasteiger partial charge in [-0.2, -0.15) is 5.10 Å². The quantitative estimate of drug-likeness (QED) is 0.712. The fraction of sp³-hybridized carbons (Fsp3) is 0.190. The topological polar surface area (TPSA) is 82.4 Å². The molecule has 0 fully saturated rings. The van der Waals surface area contributed by atoms with E-state index >= 15 is 0 Å². The van der Waals surface area contributed by atoms with Gasteiger partial charge in [0.25, 0.3) is 5.56 Å². The van der Waals surface area contributed by atoms with Crippen molar-refractivity contribution in [3.8, 4) is 22.8 Å². The Balaban J connectivity index is 1.89. The molecule has 3 rings (SSSR count). The zero-order valence-electron chi connectivity index (χ0n) is 15.9. The summed E-state index contributed by atoms with van der Waals surface area (Å²) in [6.45, 7) is 1.62. The predicted octanol–water partition coefficient (Wildman–Crippen LogP) is 3.13. The van der Waals surface area contributed by atoms with Crippen molar-refractivity contribution in [2.24, 2.45) is 0 Å². The van der Waals surface area contributed by atoms with Gasteiger partial charge in [-0.3, -0.25) is 9.59 Å². The number of methoxy groups -OCH3 is 2. The van der Waals surface area contributed by atoms with Crippen LogP contribution in [0.4, 0.5) is 5.69 Å². The van der Waals surface area contributed by atoms with Gasteiger partial charge in [0.05, 0.1) is 25.6 Å². The summed E-state index contributed by atoms with van der Waals surface area (Å²) < 4.78 is 11.6. The van der Waals surface area contributed by atoms with Crippen molar-refractivity contribution in [1.82, 2.24) is 9.78 Å². The van der Waals surface area contributed by atoms with Crippen LogP contribution < -0.4 is 20.3 Å². The molecule has 0 bridgehead atoms. The van der Waals surface area contributed by atoms with Crippen molar-refractivity contribution in [3.63, 3.8) is 0 Å². The van der Waals surface area contributed by atoms with E-state index in [4.69, 9.17) is 9.47 Å². The molecule has 144 valence electrons. The Morgan fingerprint density at radius 3 is 2.46 bits per heavy atom. The Kier molecular flexibility index (Phi) is 5.74. The molecule has 1 heterocycles. The third kappa shape index (κ3) is 4.03. The molecule has 0 aliphatic heterocycles. The van der Waals surface area contributed by atoms with E-state index in [2.05, 4.69) is 10.4 Å². The summed E-state index contributed by atoms with van der Waals surface area (Å²) in [6, 6.07) is 16.8. The highest BCUT2D eigenvalue weighted by atomic mass is 16.5. The molecule has 7 heteroatoms. The third-order valence-electron chi connectivity index (χ3n) is 4.31. The maximum atomic E-state index is 12.8. The summed E-state index contributed by atoms with van der Waals surface area (Å²) in [5.41, 5.74) is 1.56. The van der Waals surface area contributed by atoms with Crippen LogP contribution in [-0.2, 0) is 4.79 Å². The molecule has 1 aromatic heterocycles. The molecule has 1 amide bonds. The van der Waals surface area contributed by atoms with Gasteiger partial charge < -0.3 is 14.8 Å². The minimum Gasteiger partial charge on any atom is -0.497 e. The number of benzene rings is 2. The van der Waals surface area contributed by atoms with Crippen LogP contribution in [0.1, 0.15) is 13.0 Å². The van der Waals surface area contributed by atoms with Crippen LogP contribution in [0.5, 0.6) is 11.5 Å². The summed E-state index contributed by atoms with van der Waals surface area (Å²) in [6.07, 6.45) is 0. The van der Waals surface area contributed by atoms with Gasteiger partial charge in [-0.25, -0.2) is 4.68 Å². The molecule has 0 spiro atoms. The first-order valence-corrected chi connectivity index (χ1v) is 8.71. The molecule has 0 radical (unpaired) electrons. The number of aromatic nitrogens is 2. The highest BCUT2D eigenvalue weighted by Gasteiger charge is 2.20. The van der Waals surface area contributed by atoms with Crippen LogP contribution in [0.15, 0.2) is 65.5 Å². The van der Waals surface area contributed by atoms with Crippen LogP contribution in [0.3, 0.4) is 0 Å². The number of hydrogen-bond donors (Lipinski definition) is 1. The molecule has 7 nitrogen and oxygen atoms in total. The lowest BCUT2D eigenvalue weighted by atomic mass is 10.1. The van der Waals surface area contributed by atoms with Gasteiger partial charge in [0.15, 0.2) is 0 Å². The molecule has 0 saturated carbocycles. The Hall–Kier alpha value is -3.61. The third-order valence-corrected chi connectivity index (χ3v) is 4.31. The van der Waals surface area contributed by atoms with E-state index in [1.165, 1.54) is 25.0 Å². The monoisotopic (exact) mass is 379 g/mol. The molecule has 0 aliphatic rings. The summed E-state index contributed by atoms with van der Waals surface area (Å²) >= 11 is 0. The summed E-state index contributed by atoms with van der Waals surface area (Å²) in [7, 11) is 3.05. The average Bonchev–Trinajstić information content (AvgIpc) is 2.74. The van der Waals surface area contributed by atoms with Crippen LogP contribution >= 0.6 is 0 Å². The van der Waals surface area contributed by atoms with E-state index in [0.717, 1.165) is 5.56 Å². The first kappa shape index (κ1) is 19.2. The van der Waals surface area contributed by atoms with Gasteiger partial charge in [0.2, 0.25) is 5.91 Å². The van der Waals surface area contributed by atoms with E-state index in [0.29, 0.717) is 22.9 Å².